The summed E-state index contributed by atoms with van der Waals surface area (Å²) in [6, 6.07) is 9.52. The molecule has 0 N–H and O–H groups in total. The largest absolute Gasteiger partial charge is 0.343 e. The zero-order valence-corrected chi connectivity index (χ0v) is 12.1. The SMILES string of the molecule is CN(CCN1CCCC1)C(=O)C(Cl)c1ccccc1. The quantitative estimate of drug-likeness (QED) is 0.774. The van der Waals surface area contributed by atoms with Crippen molar-refractivity contribution in [2.45, 2.75) is 18.2 Å². The van der Waals surface area contributed by atoms with Crippen LogP contribution in [0.15, 0.2) is 30.3 Å². The monoisotopic (exact) mass is 280 g/mol. The number of benzene rings is 1. The molecule has 1 unspecified atom stereocenters. The number of nitrogens with zero attached hydrogens (tertiary/aromatic N) is 2. The number of carbonyl (C=O) groups excluding carboxylic acids is 1. The Labute approximate surface area is 120 Å². The van der Waals surface area contributed by atoms with Crippen LogP contribution in [0.1, 0.15) is 23.8 Å². The molecule has 3 nitrogen and oxygen atoms in total. The molecule has 19 heavy (non-hydrogen) atoms. The molecule has 0 radical (unpaired) electrons. The van der Waals surface area contributed by atoms with Crippen LogP contribution in [0.25, 0.3) is 0 Å². The van der Waals surface area contributed by atoms with Gasteiger partial charge in [-0.15, -0.1) is 11.6 Å². The summed E-state index contributed by atoms with van der Waals surface area (Å²) in [5.74, 6) is -0.0212. The van der Waals surface area contributed by atoms with E-state index in [4.69, 9.17) is 11.6 Å². The van der Waals surface area contributed by atoms with Gasteiger partial charge in [0.25, 0.3) is 0 Å². The van der Waals surface area contributed by atoms with Crippen LogP contribution in [0.2, 0.25) is 0 Å². The minimum atomic E-state index is -0.579. The lowest BCUT2D eigenvalue weighted by molar-refractivity contribution is -0.129. The normalized spacial score (nSPS) is 17.4. The average molecular weight is 281 g/mol. The number of carbonyl (C=O) groups is 1. The highest BCUT2D eigenvalue weighted by Crippen LogP contribution is 2.22. The standard InChI is InChI=1S/C15H21ClN2O/c1-17(11-12-18-9-5-6-10-18)15(19)14(16)13-7-3-2-4-8-13/h2-4,7-8,14H,5-6,9-12H2,1H3. The molecule has 0 saturated carbocycles. The Balaban J connectivity index is 1.84. The van der Waals surface area contributed by atoms with Crippen molar-refractivity contribution in [2.75, 3.05) is 33.2 Å². The number of rotatable bonds is 5. The summed E-state index contributed by atoms with van der Waals surface area (Å²) in [6.45, 7) is 4.01. The van der Waals surface area contributed by atoms with Crippen LogP contribution >= 0.6 is 11.6 Å². The highest BCUT2D eigenvalue weighted by atomic mass is 35.5. The van der Waals surface area contributed by atoms with Crippen molar-refractivity contribution in [3.8, 4) is 0 Å². The second kappa shape index (κ2) is 6.92. The minimum Gasteiger partial charge on any atom is -0.343 e. The Bertz CT molecular complexity index is 404. The molecule has 0 aromatic heterocycles. The van der Waals surface area contributed by atoms with Crippen molar-refractivity contribution < 1.29 is 4.79 Å². The second-order valence-corrected chi connectivity index (χ2v) is 5.52. The molecule has 0 bridgehead atoms. The van der Waals surface area contributed by atoms with Crippen LogP contribution in [0.4, 0.5) is 0 Å². The third-order valence-corrected chi connectivity index (χ3v) is 4.07. The number of alkyl halides is 1. The topological polar surface area (TPSA) is 23.6 Å². The van der Waals surface area contributed by atoms with Gasteiger partial charge < -0.3 is 9.80 Å². The van der Waals surface area contributed by atoms with E-state index in [0.29, 0.717) is 0 Å². The summed E-state index contributed by atoms with van der Waals surface area (Å²) in [6.07, 6.45) is 2.56. The zero-order valence-electron chi connectivity index (χ0n) is 11.4. The van der Waals surface area contributed by atoms with E-state index in [2.05, 4.69) is 4.90 Å². The van der Waals surface area contributed by atoms with Gasteiger partial charge in [0.1, 0.15) is 5.38 Å². The molecule has 1 atom stereocenters. The molecule has 1 aliphatic heterocycles. The lowest BCUT2D eigenvalue weighted by atomic mass is 10.1. The Morgan fingerprint density at radius 2 is 1.95 bits per heavy atom. The van der Waals surface area contributed by atoms with Gasteiger partial charge in [-0.05, 0) is 31.5 Å². The molecule has 1 saturated heterocycles. The van der Waals surface area contributed by atoms with Crippen LogP contribution in [0.3, 0.4) is 0 Å². The molecule has 1 heterocycles. The van der Waals surface area contributed by atoms with E-state index in [9.17, 15) is 4.79 Å². The van der Waals surface area contributed by atoms with Gasteiger partial charge in [-0.1, -0.05) is 30.3 Å². The number of likely N-dealkylation sites (tertiary alicyclic amines) is 1. The molecule has 1 aromatic carbocycles. The van der Waals surface area contributed by atoms with Gasteiger partial charge in [-0.3, -0.25) is 4.79 Å². The molecule has 1 amide bonds. The first-order valence-electron chi connectivity index (χ1n) is 6.85. The van der Waals surface area contributed by atoms with Crippen LogP contribution < -0.4 is 0 Å². The van der Waals surface area contributed by atoms with Crippen LogP contribution in [0.5, 0.6) is 0 Å². The fourth-order valence-electron chi connectivity index (χ4n) is 2.37. The van der Waals surface area contributed by atoms with Crippen molar-refractivity contribution in [1.29, 1.82) is 0 Å². The van der Waals surface area contributed by atoms with Crippen molar-refractivity contribution in [1.82, 2.24) is 9.80 Å². The summed E-state index contributed by atoms with van der Waals surface area (Å²) < 4.78 is 0. The Hall–Kier alpha value is -1.06. The van der Waals surface area contributed by atoms with Crippen LogP contribution in [-0.4, -0.2) is 48.9 Å². The van der Waals surface area contributed by atoms with E-state index in [1.54, 1.807) is 4.90 Å². The highest BCUT2D eigenvalue weighted by molar-refractivity contribution is 6.30. The lowest BCUT2D eigenvalue weighted by Crippen LogP contribution is -2.36. The number of amides is 1. The zero-order chi connectivity index (χ0) is 13.7. The molecule has 1 fully saturated rings. The van der Waals surface area contributed by atoms with Crippen molar-refractivity contribution in [2.24, 2.45) is 0 Å². The number of halogens is 1. The van der Waals surface area contributed by atoms with E-state index >= 15 is 0 Å². The van der Waals surface area contributed by atoms with Gasteiger partial charge in [0.05, 0.1) is 0 Å². The Morgan fingerprint density at radius 1 is 1.32 bits per heavy atom. The van der Waals surface area contributed by atoms with Gasteiger partial charge in [0.15, 0.2) is 0 Å². The molecular weight excluding hydrogens is 260 g/mol. The minimum absolute atomic E-state index is 0.0212. The molecule has 104 valence electrons. The Morgan fingerprint density at radius 3 is 2.58 bits per heavy atom. The summed E-state index contributed by atoms with van der Waals surface area (Å²) in [5.41, 5.74) is 0.863. The first-order valence-corrected chi connectivity index (χ1v) is 7.28. The second-order valence-electron chi connectivity index (χ2n) is 5.08. The predicted octanol–water partition coefficient (Wildman–Crippen LogP) is 2.52. The molecule has 1 aliphatic rings. The third-order valence-electron chi connectivity index (χ3n) is 3.64. The van der Waals surface area contributed by atoms with Gasteiger partial charge in [-0.2, -0.15) is 0 Å². The fourth-order valence-corrected chi connectivity index (χ4v) is 2.68. The van der Waals surface area contributed by atoms with Crippen molar-refractivity contribution in [3.05, 3.63) is 35.9 Å². The molecule has 0 spiro atoms. The van der Waals surface area contributed by atoms with E-state index in [-0.39, 0.29) is 5.91 Å². The molecule has 4 heteroatoms. The summed E-state index contributed by atoms with van der Waals surface area (Å²) in [5, 5.41) is -0.579. The third kappa shape index (κ3) is 3.95. The number of hydrogen-bond donors (Lipinski definition) is 0. The van der Waals surface area contributed by atoms with Gasteiger partial charge in [-0.25, -0.2) is 0 Å². The summed E-state index contributed by atoms with van der Waals surface area (Å²) in [4.78, 5) is 16.4. The first-order chi connectivity index (χ1) is 9.18. The average Bonchev–Trinajstić information content (AvgIpc) is 2.97. The van der Waals surface area contributed by atoms with E-state index in [1.807, 2.05) is 37.4 Å². The van der Waals surface area contributed by atoms with E-state index in [1.165, 1.54) is 12.8 Å². The molecule has 2 rings (SSSR count). The van der Waals surface area contributed by atoms with Gasteiger partial charge in [0.2, 0.25) is 5.91 Å². The molecule has 1 aromatic rings. The maximum absolute atomic E-state index is 12.2. The van der Waals surface area contributed by atoms with Crippen molar-refractivity contribution in [3.63, 3.8) is 0 Å². The van der Waals surface area contributed by atoms with Gasteiger partial charge in [0, 0.05) is 20.1 Å². The maximum atomic E-state index is 12.2. The maximum Gasteiger partial charge on any atom is 0.244 e. The number of likely N-dealkylation sites (N-methyl/N-ethyl adjacent to an activating group) is 1. The predicted molar refractivity (Wildman–Crippen MR) is 78.3 cm³/mol. The highest BCUT2D eigenvalue weighted by Gasteiger charge is 2.22. The summed E-state index contributed by atoms with van der Waals surface area (Å²) in [7, 11) is 1.83. The van der Waals surface area contributed by atoms with Gasteiger partial charge >= 0.3 is 0 Å². The van der Waals surface area contributed by atoms with Crippen LogP contribution in [-0.2, 0) is 4.79 Å². The molecular formula is C15H21ClN2O. The van der Waals surface area contributed by atoms with Crippen molar-refractivity contribution >= 4 is 17.5 Å². The van der Waals surface area contributed by atoms with Crippen LogP contribution in [0, 0.1) is 0 Å². The number of hydrogen-bond acceptors (Lipinski definition) is 2. The van der Waals surface area contributed by atoms with E-state index < -0.39 is 5.38 Å². The molecule has 0 aliphatic carbocycles. The van der Waals surface area contributed by atoms with E-state index in [0.717, 1.165) is 31.7 Å². The fraction of sp³-hybridized carbons (Fsp3) is 0.533. The summed E-state index contributed by atoms with van der Waals surface area (Å²) >= 11 is 6.24. The lowest BCUT2D eigenvalue weighted by Gasteiger charge is -2.23. The first kappa shape index (κ1) is 14.4. The smallest absolute Gasteiger partial charge is 0.244 e. The Kier molecular flexibility index (Phi) is 5.23.